The quantitative estimate of drug-likeness (QED) is 0.216. The lowest BCUT2D eigenvalue weighted by molar-refractivity contribution is -0.142. The van der Waals surface area contributed by atoms with Gasteiger partial charge >= 0.3 is 5.97 Å². The first-order valence-corrected chi connectivity index (χ1v) is 9.75. The first kappa shape index (κ1) is 25.9. The average molecular weight is 438 g/mol. The number of rotatable bonds is 11. The van der Waals surface area contributed by atoms with E-state index in [1.807, 2.05) is 0 Å². The van der Waals surface area contributed by atoms with Gasteiger partial charge in [-0.25, -0.2) is 4.79 Å². The third-order valence-corrected chi connectivity index (χ3v) is 4.50. The minimum Gasteiger partial charge on any atom is -0.508 e. The summed E-state index contributed by atoms with van der Waals surface area (Å²) in [6.45, 7) is 4.21. The molecule has 4 unspecified atom stereocenters. The number of carboxylic acid groups (broad SMARTS) is 1. The van der Waals surface area contributed by atoms with Gasteiger partial charge in [0.05, 0.1) is 12.6 Å². The number of aliphatic carboxylic acids is 1. The van der Waals surface area contributed by atoms with E-state index in [-0.39, 0.29) is 18.7 Å². The molecule has 4 atom stereocenters. The molecule has 0 aliphatic heterocycles. The Labute approximate surface area is 180 Å². The molecule has 0 spiro atoms. The number of nitrogens with two attached hydrogens (primary N) is 1. The van der Waals surface area contributed by atoms with Crippen molar-refractivity contribution >= 4 is 23.7 Å². The Bertz CT molecular complexity index is 780. The number of benzene rings is 1. The Morgan fingerprint density at radius 2 is 1.48 bits per heavy atom. The van der Waals surface area contributed by atoms with Crippen LogP contribution in [0.5, 0.6) is 5.75 Å². The molecule has 0 saturated heterocycles. The number of carboxylic acids is 1. The Morgan fingerprint density at radius 3 is 1.94 bits per heavy atom. The van der Waals surface area contributed by atoms with E-state index in [9.17, 15) is 34.5 Å². The van der Waals surface area contributed by atoms with Crippen LogP contribution < -0.4 is 21.7 Å². The summed E-state index contributed by atoms with van der Waals surface area (Å²) in [6.07, 6.45) is -1.30. The van der Waals surface area contributed by atoms with Gasteiger partial charge in [0.2, 0.25) is 17.7 Å². The fraction of sp³-hybridized carbons (Fsp3) is 0.500. The summed E-state index contributed by atoms with van der Waals surface area (Å²) in [7, 11) is 0. The first-order valence-electron chi connectivity index (χ1n) is 9.75. The van der Waals surface area contributed by atoms with Gasteiger partial charge in [-0.1, -0.05) is 26.0 Å². The smallest absolute Gasteiger partial charge is 0.326 e. The van der Waals surface area contributed by atoms with Gasteiger partial charge in [0, 0.05) is 6.42 Å². The molecule has 0 radical (unpaired) electrons. The maximum atomic E-state index is 12.8. The van der Waals surface area contributed by atoms with Crippen LogP contribution in [0.25, 0.3) is 0 Å². The number of amides is 3. The molecule has 0 bridgehead atoms. The van der Waals surface area contributed by atoms with Crippen LogP contribution in [0.1, 0.15) is 26.3 Å². The normalized spacial score (nSPS) is 14.8. The third-order valence-electron chi connectivity index (χ3n) is 4.50. The van der Waals surface area contributed by atoms with E-state index < -0.39 is 53.8 Å². The lowest BCUT2D eigenvalue weighted by atomic mass is 10.0. The van der Waals surface area contributed by atoms with Crippen LogP contribution in [0.4, 0.5) is 0 Å². The number of phenolic OH excluding ortho intramolecular Hbond substituents is 1. The standard InChI is InChI=1S/C20H30N4O7/c1-10(2)16(24-19(29)17(11(3)25)23-15(27)9-21)18(28)22-14(20(30)31)8-12-4-6-13(26)7-5-12/h4-7,10-11,14,16-17,25-26H,8-9,21H2,1-3H3,(H,22,28)(H,23,27)(H,24,29)(H,30,31). The van der Waals surface area contributed by atoms with Gasteiger partial charge in [-0.05, 0) is 30.5 Å². The minimum atomic E-state index is -1.34. The number of nitrogens with one attached hydrogen (secondary N) is 3. The number of hydrogen-bond donors (Lipinski definition) is 7. The molecule has 3 amide bonds. The second kappa shape index (κ2) is 11.9. The van der Waals surface area contributed by atoms with E-state index in [2.05, 4.69) is 16.0 Å². The summed E-state index contributed by atoms with van der Waals surface area (Å²) >= 11 is 0. The van der Waals surface area contributed by atoms with Crippen molar-refractivity contribution in [2.24, 2.45) is 11.7 Å². The second-order valence-electron chi connectivity index (χ2n) is 7.49. The zero-order chi connectivity index (χ0) is 23.7. The van der Waals surface area contributed by atoms with Crippen LogP contribution in [-0.2, 0) is 25.6 Å². The summed E-state index contributed by atoms with van der Waals surface area (Å²) in [6, 6.07) is 2.14. The van der Waals surface area contributed by atoms with E-state index in [0.29, 0.717) is 5.56 Å². The summed E-state index contributed by atoms with van der Waals surface area (Å²) < 4.78 is 0. The zero-order valence-corrected chi connectivity index (χ0v) is 17.7. The highest BCUT2D eigenvalue weighted by Gasteiger charge is 2.32. The molecule has 172 valence electrons. The van der Waals surface area contributed by atoms with E-state index in [1.165, 1.54) is 31.2 Å². The summed E-state index contributed by atoms with van der Waals surface area (Å²) in [5.41, 5.74) is 5.79. The van der Waals surface area contributed by atoms with Crippen molar-refractivity contribution in [1.82, 2.24) is 16.0 Å². The molecule has 0 aliphatic rings. The Morgan fingerprint density at radius 1 is 0.935 bits per heavy atom. The van der Waals surface area contributed by atoms with Crippen LogP contribution in [-0.4, -0.2) is 69.8 Å². The summed E-state index contributed by atoms with van der Waals surface area (Å²) in [5.74, 6) is -3.87. The highest BCUT2D eigenvalue weighted by molar-refractivity contribution is 5.94. The maximum Gasteiger partial charge on any atom is 0.326 e. The van der Waals surface area contributed by atoms with Crippen molar-refractivity contribution in [2.45, 2.75) is 51.4 Å². The molecular formula is C20H30N4O7. The monoisotopic (exact) mass is 438 g/mol. The van der Waals surface area contributed by atoms with E-state index >= 15 is 0 Å². The molecule has 11 heteroatoms. The fourth-order valence-corrected chi connectivity index (χ4v) is 2.74. The maximum absolute atomic E-state index is 12.8. The second-order valence-corrected chi connectivity index (χ2v) is 7.49. The molecule has 0 saturated carbocycles. The van der Waals surface area contributed by atoms with Gasteiger partial charge < -0.3 is 37.0 Å². The van der Waals surface area contributed by atoms with Crippen LogP contribution >= 0.6 is 0 Å². The zero-order valence-electron chi connectivity index (χ0n) is 17.7. The van der Waals surface area contributed by atoms with Gasteiger partial charge in [0.25, 0.3) is 0 Å². The van der Waals surface area contributed by atoms with Crippen LogP contribution in [0.3, 0.4) is 0 Å². The highest BCUT2D eigenvalue weighted by atomic mass is 16.4. The molecule has 31 heavy (non-hydrogen) atoms. The van der Waals surface area contributed by atoms with Crippen molar-refractivity contribution < 1.29 is 34.5 Å². The number of carbonyl (C=O) groups is 4. The molecule has 1 aromatic carbocycles. The molecule has 1 rings (SSSR count). The minimum absolute atomic E-state index is 0.0247. The fourth-order valence-electron chi connectivity index (χ4n) is 2.74. The van der Waals surface area contributed by atoms with Gasteiger partial charge in [0.1, 0.15) is 23.9 Å². The highest BCUT2D eigenvalue weighted by Crippen LogP contribution is 2.12. The van der Waals surface area contributed by atoms with Crippen molar-refractivity contribution in [1.29, 1.82) is 0 Å². The molecule has 0 fully saturated rings. The predicted octanol–water partition coefficient (Wildman–Crippen LogP) is -1.53. The number of aromatic hydroxyl groups is 1. The molecule has 0 aromatic heterocycles. The predicted molar refractivity (Wildman–Crippen MR) is 111 cm³/mol. The van der Waals surface area contributed by atoms with Gasteiger partial charge in [-0.15, -0.1) is 0 Å². The molecule has 8 N–H and O–H groups in total. The largest absolute Gasteiger partial charge is 0.508 e. The van der Waals surface area contributed by atoms with Gasteiger partial charge in [-0.2, -0.15) is 0 Å². The van der Waals surface area contributed by atoms with Crippen molar-refractivity contribution in [3.63, 3.8) is 0 Å². The molecule has 0 heterocycles. The molecule has 0 aliphatic carbocycles. The van der Waals surface area contributed by atoms with Crippen molar-refractivity contribution in [3.8, 4) is 5.75 Å². The average Bonchev–Trinajstić information content (AvgIpc) is 2.70. The van der Waals surface area contributed by atoms with Crippen molar-refractivity contribution in [3.05, 3.63) is 29.8 Å². The summed E-state index contributed by atoms with van der Waals surface area (Å²) in [5, 5.41) is 35.8. The molecule has 11 nitrogen and oxygen atoms in total. The third kappa shape index (κ3) is 8.22. The lowest BCUT2D eigenvalue weighted by Crippen LogP contribution is -2.60. The van der Waals surface area contributed by atoms with Gasteiger partial charge in [0.15, 0.2) is 0 Å². The van der Waals surface area contributed by atoms with Crippen LogP contribution in [0.15, 0.2) is 24.3 Å². The Balaban J connectivity index is 2.92. The number of aliphatic hydroxyl groups excluding tert-OH is 1. The number of phenols is 1. The number of hydrogen-bond acceptors (Lipinski definition) is 7. The van der Waals surface area contributed by atoms with Crippen molar-refractivity contribution in [2.75, 3.05) is 6.54 Å². The van der Waals surface area contributed by atoms with E-state index in [0.717, 1.165) is 0 Å². The van der Waals surface area contributed by atoms with E-state index in [4.69, 9.17) is 5.73 Å². The lowest BCUT2D eigenvalue weighted by Gasteiger charge is -2.27. The molecular weight excluding hydrogens is 408 g/mol. The Kier molecular flexibility index (Phi) is 9.90. The first-order chi connectivity index (χ1) is 14.5. The number of aliphatic hydroxyl groups is 1. The van der Waals surface area contributed by atoms with Crippen LogP contribution in [0, 0.1) is 5.92 Å². The van der Waals surface area contributed by atoms with E-state index in [1.54, 1.807) is 13.8 Å². The summed E-state index contributed by atoms with van der Waals surface area (Å²) in [4.78, 5) is 48.4. The Hall–Kier alpha value is -3.18. The topological polar surface area (TPSA) is 191 Å². The SMILES string of the molecule is CC(C)C(NC(=O)C(NC(=O)CN)C(C)O)C(=O)NC(Cc1ccc(O)cc1)C(=O)O. The van der Waals surface area contributed by atoms with Gasteiger partial charge in [-0.3, -0.25) is 14.4 Å². The number of carbonyl (C=O) groups excluding carboxylic acids is 3. The van der Waals surface area contributed by atoms with Crippen LogP contribution in [0.2, 0.25) is 0 Å². The molecule has 1 aromatic rings.